The summed E-state index contributed by atoms with van der Waals surface area (Å²) in [4.78, 5) is 10.5. The summed E-state index contributed by atoms with van der Waals surface area (Å²) in [5.74, 6) is -0.361. The average molecular weight is 352 g/mol. The molecule has 2 aromatic carbocycles. The van der Waals surface area contributed by atoms with E-state index < -0.39 is 5.97 Å². The van der Waals surface area contributed by atoms with E-state index in [0.717, 1.165) is 17.5 Å². The first-order valence-electron chi connectivity index (χ1n) is 6.84. The molecular formula is C17H15Cl2NO3. The lowest BCUT2D eigenvalue weighted by atomic mass is 10.2. The first-order valence-corrected chi connectivity index (χ1v) is 7.59. The second-order valence-electron chi connectivity index (χ2n) is 4.79. The monoisotopic (exact) mass is 351 g/mol. The van der Waals surface area contributed by atoms with Gasteiger partial charge in [-0.3, -0.25) is 0 Å². The van der Waals surface area contributed by atoms with Crippen LogP contribution >= 0.6 is 23.2 Å². The summed E-state index contributed by atoms with van der Waals surface area (Å²) in [5, 5.41) is 12.9. The topological polar surface area (TPSA) is 58.6 Å². The van der Waals surface area contributed by atoms with Crippen LogP contribution in [0.1, 0.15) is 6.92 Å². The van der Waals surface area contributed by atoms with Crippen molar-refractivity contribution in [1.82, 2.24) is 0 Å². The van der Waals surface area contributed by atoms with Crippen molar-refractivity contribution >= 4 is 40.5 Å². The number of benzene rings is 2. The van der Waals surface area contributed by atoms with Gasteiger partial charge >= 0.3 is 5.97 Å². The Kier molecular flexibility index (Phi) is 5.90. The number of halogens is 2. The number of ether oxygens (including phenoxy) is 1. The highest BCUT2D eigenvalue weighted by Gasteiger charge is 2.04. The summed E-state index contributed by atoms with van der Waals surface area (Å²) in [6.07, 6.45) is 2.20. The van der Waals surface area contributed by atoms with Crippen LogP contribution in [0, 0.1) is 0 Å². The van der Waals surface area contributed by atoms with Crippen molar-refractivity contribution in [2.75, 3.05) is 5.32 Å². The molecule has 6 heteroatoms. The van der Waals surface area contributed by atoms with Crippen molar-refractivity contribution in [2.45, 2.75) is 13.0 Å². The molecule has 2 rings (SSSR count). The molecule has 2 N–H and O–H groups in total. The zero-order valence-corrected chi connectivity index (χ0v) is 13.8. The van der Waals surface area contributed by atoms with Gasteiger partial charge in [0.15, 0.2) is 0 Å². The molecule has 0 aromatic heterocycles. The standard InChI is InChI=1S/C17H15Cl2NO3/c1-11(2-9-17(21)22)23-14-6-4-13(5-7-14)20-16-8-3-12(18)10-15(16)19/h2-11,20H,1H3,(H,21,22)/b9-2+. The number of carboxylic acid groups (broad SMARTS) is 1. The number of aliphatic carboxylic acids is 1. The van der Waals surface area contributed by atoms with Gasteiger partial charge in [-0.25, -0.2) is 4.79 Å². The van der Waals surface area contributed by atoms with Crippen molar-refractivity contribution < 1.29 is 14.6 Å². The maximum Gasteiger partial charge on any atom is 0.328 e. The highest BCUT2D eigenvalue weighted by Crippen LogP contribution is 2.29. The van der Waals surface area contributed by atoms with Crippen molar-refractivity contribution in [1.29, 1.82) is 0 Å². The van der Waals surface area contributed by atoms with E-state index in [1.54, 1.807) is 37.3 Å². The lowest BCUT2D eigenvalue weighted by Gasteiger charge is -2.12. The maximum absolute atomic E-state index is 10.5. The number of nitrogens with one attached hydrogen (secondary N) is 1. The molecule has 0 fully saturated rings. The summed E-state index contributed by atoms with van der Waals surface area (Å²) in [6, 6.07) is 12.5. The predicted octanol–water partition coefficient (Wildman–Crippen LogP) is 5.15. The van der Waals surface area contributed by atoms with E-state index in [0.29, 0.717) is 15.8 Å². The first-order chi connectivity index (χ1) is 10.9. The Morgan fingerprint density at radius 3 is 2.52 bits per heavy atom. The second-order valence-corrected chi connectivity index (χ2v) is 5.64. The quantitative estimate of drug-likeness (QED) is 0.707. The van der Waals surface area contributed by atoms with Gasteiger partial charge in [0.05, 0.1) is 10.7 Å². The van der Waals surface area contributed by atoms with Crippen LogP contribution in [0.4, 0.5) is 11.4 Å². The highest BCUT2D eigenvalue weighted by molar-refractivity contribution is 6.36. The van der Waals surface area contributed by atoms with Gasteiger partial charge in [-0.05, 0) is 55.5 Å². The maximum atomic E-state index is 10.5. The molecule has 0 aliphatic heterocycles. The van der Waals surface area contributed by atoms with Crippen molar-refractivity contribution in [2.24, 2.45) is 0 Å². The Hall–Kier alpha value is -2.17. The van der Waals surface area contributed by atoms with Crippen LogP contribution in [0.2, 0.25) is 10.0 Å². The molecule has 4 nitrogen and oxygen atoms in total. The van der Waals surface area contributed by atoms with Crippen molar-refractivity contribution in [3.63, 3.8) is 0 Å². The third kappa shape index (κ3) is 5.51. The van der Waals surface area contributed by atoms with Gasteiger partial charge in [0.25, 0.3) is 0 Å². The summed E-state index contributed by atoms with van der Waals surface area (Å²) in [5.41, 5.74) is 1.60. The zero-order chi connectivity index (χ0) is 16.8. The molecule has 120 valence electrons. The predicted molar refractivity (Wildman–Crippen MR) is 93.1 cm³/mol. The van der Waals surface area contributed by atoms with Gasteiger partial charge in [0, 0.05) is 16.8 Å². The van der Waals surface area contributed by atoms with Crippen molar-refractivity contribution in [3.05, 3.63) is 64.7 Å². The van der Waals surface area contributed by atoms with Crippen LogP contribution in [0.25, 0.3) is 0 Å². The van der Waals surface area contributed by atoms with E-state index in [1.807, 2.05) is 12.1 Å². The van der Waals surface area contributed by atoms with E-state index in [9.17, 15) is 4.79 Å². The summed E-state index contributed by atoms with van der Waals surface area (Å²) in [6.45, 7) is 1.76. The van der Waals surface area contributed by atoms with Gasteiger partial charge < -0.3 is 15.2 Å². The third-order valence-corrected chi connectivity index (χ3v) is 3.44. The molecular weight excluding hydrogens is 337 g/mol. The molecule has 0 radical (unpaired) electrons. The van der Waals surface area contributed by atoms with E-state index in [4.69, 9.17) is 33.0 Å². The molecule has 2 aromatic rings. The molecule has 0 aliphatic carbocycles. The highest BCUT2D eigenvalue weighted by atomic mass is 35.5. The van der Waals surface area contributed by atoms with Gasteiger partial charge in [-0.2, -0.15) is 0 Å². The number of rotatable bonds is 6. The third-order valence-electron chi connectivity index (χ3n) is 2.90. The Labute approximate surface area is 144 Å². The Morgan fingerprint density at radius 2 is 1.91 bits per heavy atom. The Bertz CT molecular complexity index is 714. The lowest BCUT2D eigenvalue weighted by molar-refractivity contribution is -0.131. The SMILES string of the molecule is CC(/C=C/C(=O)O)Oc1ccc(Nc2ccc(Cl)cc2Cl)cc1. The van der Waals surface area contributed by atoms with Gasteiger partial charge in [-0.15, -0.1) is 0 Å². The van der Waals surface area contributed by atoms with Crippen LogP contribution in [0.3, 0.4) is 0 Å². The minimum Gasteiger partial charge on any atom is -0.487 e. The molecule has 0 saturated heterocycles. The molecule has 0 spiro atoms. The first kappa shape index (κ1) is 17.2. The van der Waals surface area contributed by atoms with E-state index >= 15 is 0 Å². The molecule has 0 amide bonds. The molecule has 1 atom stereocenters. The van der Waals surface area contributed by atoms with Gasteiger partial charge in [0.1, 0.15) is 11.9 Å². The van der Waals surface area contributed by atoms with Crippen LogP contribution in [0.5, 0.6) is 5.75 Å². The van der Waals surface area contributed by atoms with Crippen LogP contribution in [-0.2, 0) is 4.79 Å². The second kappa shape index (κ2) is 7.90. The van der Waals surface area contributed by atoms with E-state index in [-0.39, 0.29) is 6.10 Å². The molecule has 23 heavy (non-hydrogen) atoms. The molecule has 0 bridgehead atoms. The summed E-state index contributed by atoms with van der Waals surface area (Å²) >= 11 is 12.0. The minimum atomic E-state index is -1.00. The summed E-state index contributed by atoms with van der Waals surface area (Å²) in [7, 11) is 0. The Balaban J connectivity index is 2.00. The lowest BCUT2D eigenvalue weighted by Crippen LogP contribution is -2.08. The number of hydrogen-bond donors (Lipinski definition) is 2. The molecule has 1 unspecified atom stereocenters. The fourth-order valence-electron chi connectivity index (χ4n) is 1.83. The van der Waals surface area contributed by atoms with Crippen LogP contribution < -0.4 is 10.1 Å². The fourth-order valence-corrected chi connectivity index (χ4v) is 2.29. The summed E-state index contributed by atoms with van der Waals surface area (Å²) < 4.78 is 5.59. The zero-order valence-electron chi connectivity index (χ0n) is 12.3. The minimum absolute atomic E-state index is 0.337. The van der Waals surface area contributed by atoms with Crippen LogP contribution in [-0.4, -0.2) is 17.2 Å². The number of carbonyl (C=O) groups is 1. The van der Waals surface area contributed by atoms with Gasteiger partial charge in [0.2, 0.25) is 0 Å². The molecule has 0 heterocycles. The molecule has 0 saturated carbocycles. The van der Waals surface area contributed by atoms with E-state index in [2.05, 4.69) is 5.32 Å². The van der Waals surface area contributed by atoms with E-state index in [1.165, 1.54) is 6.08 Å². The van der Waals surface area contributed by atoms with Crippen molar-refractivity contribution in [3.8, 4) is 5.75 Å². The number of anilines is 2. The number of hydrogen-bond acceptors (Lipinski definition) is 3. The average Bonchev–Trinajstić information content (AvgIpc) is 2.50. The fraction of sp³-hybridized carbons (Fsp3) is 0.118. The largest absolute Gasteiger partial charge is 0.487 e. The molecule has 0 aliphatic rings. The Morgan fingerprint density at radius 1 is 1.22 bits per heavy atom. The smallest absolute Gasteiger partial charge is 0.328 e. The van der Waals surface area contributed by atoms with Crippen LogP contribution in [0.15, 0.2) is 54.6 Å². The van der Waals surface area contributed by atoms with Gasteiger partial charge in [-0.1, -0.05) is 23.2 Å². The number of carboxylic acids is 1. The normalized spacial score (nSPS) is 12.1.